The second kappa shape index (κ2) is 6.34. The molecule has 2 heterocycles. The van der Waals surface area contributed by atoms with Crippen molar-refractivity contribution < 1.29 is 32.0 Å². The van der Waals surface area contributed by atoms with Gasteiger partial charge in [-0.1, -0.05) is 37.6 Å². The second-order valence-corrected chi connectivity index (χ2v) is 3.51. The van der Waals surface area contributed by atoms with Crippen LogP contribution in [0.2, 0.25) is 0 Å². The van der Waals surface area contributed by atoms with E-state index >= 15 is 0 Å². The SMILES string of the molecule is CN1CC(=O)[N-]C1=O.[Au+3].c1ccc2[n-]cnc2c1. The van der Waals surface area contributed by atoms with Crippen LogP contribution < -0.4 is 4.98 Å². The largest absolute Gasteiger partial charge is 3.00 e. The Balaban J connectivity index is 0.000000172. The van der Waals surface area contributed by atoms with E-state index in [1.165, 1.54) is 11.9 Å². The number of carbonyl (C=O) groups is 2. The average molecular weight is 427 g/mol. The molecule has 18 heavy (non-hydrogen) atoms. The van der Waals surface area contributed by atoms with Crippen LogP contribution in [0, 0.1) is 0 Å². The fraction of sp³-hybridized carbons (Fsp3) is 0.182. The zero-order valence-corrected chi connectivity index (χ0v) is 11.7. The number of hydrogen-bond acceptors (Lipinski definition) is 3. The van der Waals surface area contributed by atoms with Gasteiger partial charge in [0, 0.05) is 6.54 Å². The molecular formula is C11H10AuN4O2+. The maximum Gasteiger partial charge on any atom is 3.00 e. The van der Waals surface area contributed by atoms with Crippen LogP contribution >= 0.6 is 0 Å². The number of aromatic nitrogens is 2. The number of fused-ring (bicyclic) bond motifs is 1. The molecule has 6 nitrogen and oxygen atoms in total. The summed E-state index contributed by atoms with van der Waals surface area (Å²) in [6.45, 7) is 0.138. The first-order chi connectivity index (χ1) is 8.16. The summed E-state index contributed by atoms with van der Waals surface area (Å²) < 4.78 is 0. The molecule has 1 aliphatic rings. The molecule has 0 unspecified atom stereocenters. The summed E-state index contributed by atoms with van der Waals surface area (Å²) in [5.41, 5.74) is 1.94. The maximum atomic E-state index is 10.3. The van der Waals surface area contributed by atoms with Crippen molar-refractivity contribution in [1.82, 2.24) is 14.9 Å². The van der Waals surface area contributed by atoms with Crippen LogP contribution in [-0.2, 0) is 27.2 Å². The van der Waals surface area contributed by atoms with Gasteiger partial charge in [-0.2, -0.15) is 0 Å². The molecule has 1 aliphatic heterocycles. The molecule has 3 amide bonds. The van der Waals surface area contributed by atoms with Crippen LogP contribution in [0.15, 0.2) is 30.6 Å². The standard InChI is InChI=1S/C7H5N2.C4H6N2O2.Au/c1-2-4-7-6(3-1)8-5-9-7;1-6-2-3(7)5-4(6)8;/h1-5H;2H2,1H3,(H,5,7,8);/q-1;;+3/p-1. The number of carbonyl (C=O) groups excluding carboxylic acids is 2. The first-order valence-electron chi connectivity index (χ1n) is 4.99. The van der Waals surface area contributed by atoms with Crippen LogP contribution in [0.1, 0.15) is 0 Å². The predicted octanol–water partition coefficient (Wildman–Crippen LogP) is 1.14. The van der Waals surface area contributed by atoms with Gasteiger partial charge in [0.15, 0.2) is 6.03 Å². The van der Waals surface area contributed by atoms with Crippen molar-refractivity contribution in [3.63, 3.8) is 0 Å². The number of likely N-dealkylation sites (N-methyl/N-ethyl adjacent to an activating group) is 1. The Morgan fingerprint density at radius 2 is 2.00 bits per heavy atom. The molecular weight excluding hydrogens is 417 g/mol. The van der Waals surface area contributed by atoms with Crippen molar-refractivity contribution in [1.29, 1.82) is 0 Å². The van der Waals surface area contributed by atoms with Gasteiger partial charge in [-0.25, -0.2) is 0 Å². The van der Waals surface area contributed by atoms with Gasteiger partial charge >= 0.3 is 22.4 Å². The van der Waals surface area contributed by atoms with Gasteiger partial charge in [0.05, 0.1) is 0 Å². The normalized spacial score (nSPS) is 13.7. The molecule has 0 bridgehead atoms. The molecule has 96 valence electrons. The monoisotopic (exact) mass is 427 g/mol. The Kier molecular flexibility index (Phi) is 5.09. The Bertz CT molecular complexity index is 524. The van der Waals surface area contributed by atoms with Gasteiger partial charge in [0.1, 0.15) is 5.91 Å². The van der Waals surface area contributed by atoms with Gasteiger partial charge in [-0.05, 0) is 11.0 Å². The zero-order chi connectivity index (χ0) is 12.3. The Morgan fingerprint density at radius 1 is 1.28 bits per heavy atom. The smallest absolute Gasteiger partial charge is 0.443 e. The topological polar surface area (TPSA) is 78.5 Å². The number of imidazole rings is 1. The molecule has 0 N–H and O–H groups in total. The number of rotatable bonds is 0. The Labute approximate surface area is 119 Å². The number of benzene rings is 1. The first-order valence-corrected chi connectivity index (χ1v) is 4.99. The third-order valence-electron chi connectivity index (χ3n) is 2.19. The van der Waals surface area contributed by atoms with Crippen molar-refractivity contribution in [3.05, 3.63) is 35.9 Å². The fourth-order valence-corrected chi connectivity index (χ4v) is 1.33. The van der Waals surface area contributed by atoms with Gasteiger partial charge in [0.2, 0.25) is 0 Å². The van der Waals surface area contributed by atoms with Crippen LogP contribution in [0.4, 0.5) is 4.79 Å². The van der Waals surface area contributed by atoms with Crippen LogP contribution in [0.3, 0.4) is 0 Å². The summed E-state index contributed by atoms with van der Waals surface area (Å²) in [5.74, 6) is -0.350. The second-order valence-electron chi connectivity index (χ2n) is 3.51. The van der Waals surface area contributed by atoms with E-state index in [0.29, 0.717) is 0 Å². The summed E-state index contributed by atoms with van der Waals surface area (Å²) in [4.78, 5) is 29.8. The van der Waals surface area contributed by atoms with Gasteiger partial charge in [-0.15, -0.1) is 0 Å². The summed E-state index contributed by atoms with van der Waals surface area (Å²) in [7, 11) is 1.54. The molecule has 0 radical (unpaired) electrons. The fourth-order valence-electron chi connectivity index (χ4n) is 1.33. The molecule has 1 saturated heterocycles. The van der Waals surface area contributed by atoms with E-state index < -0.39 is 6.03 Å². The number of imide groups is 1. The minimum Gasteiger partial charge on any atom is -0.443 e. The predicted molar refractivity (Wildman–Crippen MR) is 61.5 cm³/mol. The van der Waals surface area contributed by atoms with Crippen molar-refractivity contribution in [3.8, 4) is 0 Å². The summed E-state index contributed by atoms with van der Waals surface area (Å²) >= 11 is 0. The minimum atomic E-state index is -0.435. The Hall–Kier alpha value is -1.63. The summed E-state index contributed by atoms with van der Waals surface area (Å²) in [6, 6.07) is 7.37. The molecule has 7 heteroatoms. The molecule has 3 rings (SSSR count). The van der Waals surface area contributed by atoms with E-state index in [-0.39, 0.29) is 34.8 Å². The van der Waals surface area contributed by atoms with Gasteiger partial charge in [0.25, 0.3) is 0 Å². The molecule has 1 aromatic carbocycles. The summed E-state index contributed by atoms with van der Waals surface area (Å²) in [5, 5.41) is 3.12. The summed E-state index contributed by atoms with van der Waals surface area (Å²) in [6.07, 6.45) is 1.57. The molecule has 0 aliphatic carbocycles. The van der Waals surface area contributed by atoms with E-state index in [4.69, 9.17) is 0 Å². The number of nitrogens with zero attached hydrogens (tertiary/aromatic N) is 4. The third kappa shape index (κ3) is 3.43. The van der Waals surface area contributed by atoms with Crippen molar-refractivity contribution in [2.45, 2.75) is 0 Å². The van der Waals surface area contributed by atoms with E-state index in [1.54, 1.807) is 6.33 Å². The van der Waals surface area contributed by atoms with E-state index in [2.05, 4.69) is 15.3 Å². The zero-order valence-electron chi connectivity index (χ0n) is 9.50. The molecule has 0 atom stereocenters. The van der Waals surface area contributed by atoms with E-state index in [9.17, 15) is 9.59 Å². The number of hydrogen-bond donors (Lipinski definition) is 0. The molecule has 1 aromatic heterocycles. The van der Waals surface area contributed by atoms with Crippen molar-refractivity contribution >= 4 is 23.0 Å². The quantitative estimate of drug-likeness (QED) is 0.467. The number of para-hydroxylation sites is 2. The van der Waals surface area contributed by atoms with E-state index in [0.717, 1.165) is 11.0 Å². The third-order valence-corrected chi connectivity index (χ3v) is 2.19. The van der Waals surface area contributed by atoms with Crippen LogP contribution in [-0.4, -0.2) is 35.4 Å². The molecule has 0 spiro atoms. The molecule has 2 aromatic rings. The maximum absolute atomic E-state index is 10.3. The van der Waals surface area contributed by atoms with Crippen molar-refractivity contribution in [2.24, 2.45) is 0 Å². The molecule has 0 saturated carbocycles. The number of amides is 3. The minimum absolute atomic E-state index is 0. The van der Waals surface area contributed by atoms with Gasteiger partial charge < -0.3 is 20.2 Å². The molecule has 1 fully saturated rings. The Morgan fingerprint density at radius 3 is 2.50 bits per heavy atom. The van der Waals surface area contributed by atoms with E-state index in [1.807, 2.05) is 24.3 Å². The van der Waals surface area contributed by atoms with Crippen LogP contribution in [0.25, 0.3) is 16.4 Å². The van der Waals surface area contributed by atoms with Crippen LogP contribution in [0.5, 0.6) is 0 Å². The first kappa shape index (κ1) is 14.4. The number of urea groups is 1. The average Bonchev–Trinajstić information content (AvgIpc) is 2.87. The van der Waals surface area contributed by atoms with Crippen molar-refractivity contribution in [2.75, 3.05) is 13.6 Å². The van der Waals surface area contributed by atoms with Gasteiger partial charge in [-0.3, -0.25) is 9.59 Å².